The quantitative estimate of drug-likeness (QED) is 0.780. The summed E-state index contributed by atoms with van der Waals surface area (Å²) in [6.07, 6.45) is 3.74. The number of carbonyl (C=O) groups is 1. The number of hydrogen-bond donors (Lipinski definition) is 1. The predicted octanol–water partition coefficient (Wildman–Crippen LogP) is 3.98. The van der Waals surface area contributed by atoms with Crippen molar-refractivity contribution in [2.24, 2.45) is 0 Å². The molecule has 1 aliphatic heterocycles. The van der Waals surface area contributed by atoms with E-state index < -0.39 is 0 Å². The molecule has 0 radical (unpaired) electrons. The summed E-state index contributed by atoms with van der Waals surface area (Å²) in [5.74, 6) is 0.714. The second-order valence-electron chi connectivity index (χ2n) is 6.67. The maximum absolute atomic E-state index is 12.8. The largest absolute Gasteiger partial charge is 0.332 e. The molecule has 0 aliphatic carbocycles. The maximum atomic E-state index is 12.8. The van der Waals surface area contributed by atoms with Gasteiger partial charge in [0.25, 0.3) is 0 Å². The lowest BCUT2D eigenvalue weighted by molar-refractivity contribution is 0.192. The summed E-state index contributed by atoms with van der Waals surface area (Å²) >= 11 is 0. The molecular weight excluding hydrogens is 324 g/mol. The molecule has 2 aromatic carbocycles. The first-order valence-corrected chi connectivity index (χ1v) is 9.03. The molecule has 1 atom stereocenters. The summed E-state index contributed by atoms with van der Waals surface area (Å²) in [5, 5.41) is 5.46. The van der Waals surface area contributed by atoms with Crippen LogP contribution in [0.3, 0.4) is 0 Å². The number of hydrogen-bond acceptors (Lipinski definition) is 3. The number of urea groups is 1. The fourth-order valence-electron chi connectivity index (χ4n) is 3.75. The Morgan fingerprint density at radius 2 is 2.04 bits per heavy atom. The molecule has 3 aromatic rings. The molecule has 5 heteroatoms. The van der Waals surface area contributed by atoms with Crippen LogP contribution in [-0.2, 0) is 6.54 Å². The number of aryl methyl sites for hydroxylation is 1. The SMILES string of the molecule is Cc1nccc(CNC(=O)N2CCC[C@@H]2c2cccc3ccccc23)n1. The van der Waals surface area contributed by atoms with Crippen molar-refractivity contribution in [1.82, 2.24) is 20.2 Å². The number of carbonyl (C=O) groups excluding carboxylic acids is 1. The van der Waals surface area contributed by atoms with Gasteiger partial charge in [0, 0.05) is 12.7 Å². The van der Waals surface area contributed by atoms with Crippen LogP contribution in [0.2, 0.25) is 0 Å². The van der Waals surface area contributed by atoms with Crippen LogP contribution in [0, 0.1) is 6.92 Å². The van der Waals surface area contributed by atoms with Crippen LogP contribution in [0.25, 0.3) is 10.8 Å². The zero-order valence-electron chi connectivity index (χ0n) is 14.9. The lowest BCUT2D eigenvalue weighted by Crippen LogP contribution is -2.39. The van der Waals surface area contributed by atoms with Gasteiger partial charge in [-0.3, -0.25) is 0 Å². The average Bonchev–Trinajstić information content (AvgIpc) is 3.15. The fraction of sp³-hybridized carbons (Fsp3) is 0.286. The summed E-state index contributed by atoms with van der Waals surface area (Å²) in [7, 11) is 0. The lowest BCUT2D eigenvalue weighted by atomic mass is 9.97. The highest BCUT2D eigenvalue weighted by atomic mass is 16.2. The molecule has 1 aliphatic rings. The van der Waals surface area contributed by atoms with Gasteiger partial charge in [0.15, 0.2) is 0 Å². The predicted molar refractivity (Wildman–Crippen MR) is 102 cm³/mol. The lowest BCUT2D eigenvalue weighted by Gasteiger charge is -2.26. The van der Waals surface area contributed by atoms with Gasteiger partial charge in [0.2, 0.25) is 0 Å². The molecule has 0 unspecified atom stereocenters. The van der Waals surface area contributed by atoms with Crippen molar-refractivity contribution in [1.29, 1.82) is 0 Å². The van der Waals surface area contributed by atoms with E-state index in [0.717, 1.165) is 25.1 Å². The second kappa shape index (κ2) is 7.12. The summed E-state index contributed by atoms with van der Waals surface area (Å²) in [6, 6.07) is 16.6. The van der Waals surface area contributed by atoms with Gasteiger partial charge in [-0.2, -0.15) is 0 Å². The monoisotopic (exact) mass is 346 g/mol. The third-order valence-corrected chi connectivity index (χ3v) is 4.95. The van der Waals surface area contributed by atoms with Crippen LogP contribution in [0.1, 0.15) is 36.0 Å². The Labute approximate surface area is 153 Å². The van der Waals surface area contributed by atoms with Crippen LogP contribution >= 0.6 is 0 Å². The third-order valence-electron chi connectivity index (χ3n) is 4.95. The second-order valence-corrected chi connectivity index (χ2v) is 6.67. The van der Waals surface area contributed by atoms with Gasteiger partial charge in [0.05, 0.1) is 18.3 Å². The van der Waals surface area contributed by atoms with E-state index in [1.165, 1.54) is 16.3 Å². The van der Waals surface area contributed by atoms with E-state index in [2.05, 4.69) is 57.7 Å². The van der Waals surface area contributed by atoms with Gasteiger partial charge in [-0.25, -0.2) is 14.8 Å². The van der Waals surface area contributed by atoms with Gasteiger partial charge in [-0.1, -0.05) is 42.5 Å². The molecule has 2 amide bonds. The molecular formula is C21H22N4O. The number of aromatic nitrogens is 2. The minimum atomic E-state index is -0.0308. The number of nitrogens with one attached hydrogen (secondary N) is 1. The number of fused-ring (bicyclic) bond motifs is 1. The minimum absolute atomic E-state index is 0.0308. The average molecular weight is 346 g/mol. The highest BCUT2D eigenvalue weighted by molar-refractivity contribution is 5.87. The van der Waals surface area contributed by atoms with E-state index in [-0.39, 0.29) is 12.1 Å². The molecule has 4 rings (SSSR count). The van der Waals surface area contributed by atoms with Crippen LogP contribution in [-0.4, -0.2) is 27.4 Å². The zero-order chi connectivity index (χ0) is 17.9. The van der Waals surface area contributed by atoms with Crippen molar-refractivity contribution in [3.05, 3.63) is 71.8 Å². The van der Waals surface area contributed by atoms with E-state index in [9.17, 15) is 4.79 Å². The number of rotatable bonds is 3. The maximum Gasteiger partial charge on any atom is 0.318 e. The number of likely N-dealkylation sites (tertiary alicyclic amines) is 1. The van der Waals surface area contributed by atoms with Crippen molar-refractivity contribution < 1.29 is 4.79 Å². The first-order chi connectivity index (χ1) is 12.7. The van der Waals surface area contributed by atoms with Gasteiger partial charge >= 0.3 is 6.03 Å². The first-order valence-electron chi connectivity index (χ1n) is 9.03. The third kappa shape index (κ3) is 3.25. The Morgan fingerprint density at radius 3 is 2.92 bits per heavy atom. The highest BCUT2D eigenvalue weighted by Crippen LogP contribution is 2.35. The fourth-order valence-corrected chi connectivity index (χ4v) is 3.75. The number of nitrogens with zero attached hydrogens (tertiary/aromatic N) is 3. The van der Waals surface area contributed by atoms with Crippen LogP contribution in [0.15, 0.2) is 54.7 Å². The first kappa shape index (κ1) is 16.5. The number of amides is 2. The van der Waals surface area contributed by atoms with Gasteiger partial charge in [-0.15, -0.1) is 0 Å². The van der Waals surface area contributed by atoms with Crippen molar-refractivity contribution >= 4 is 16.8 Å². The molecule has 0 bridgehead atoms. The Bertz CT molecular complexity index is 935. The standard InChI is InChI=1S/C21H22N4O/c1-15-22-12-11-17(24-15)14-23-21(26)25-13-5-10-20(25)19-9-4-7-16-6-2-3-8-18(16)19/h2-4,6-9,11-12,20H,5,10,13-14H2,1H3,(H,23,26)/t20-/m1/s1. The molecule has 0 saturated carbocycles. The van der Waals surface area contributed by atoms with Crippen LogP contribution in [0.4, 0.5) is 4.79 Å². The Balaban J connectivity index is 1.53. The van der Waals surface area contributed by atoms with Crippen LogP contribution in [0.5, 0.6) is 0 Å². The summed E-state index contributed by atoms with van der Waals surface area (Å²) in [6.45, 7) is 3.05. The number of benzene rings is 2. The van der Waals surface area contributed by atoms with E-state index in [4.69, 9.17) is 0 Å². The molecule has 1 aromatic heterocycles. The highest BCUT2D eigenvalue weighted by Gasteiger charge is 2.30. The molecule has 132 valence electrons. The van der Waals surface area contributed by atoms with Crippen molar-refractivity contribution in [3.8, 4) is 0 Å². The molecule has 1 saturated heterocycles. The zero-order valence-corrected chi connectivity index (χ0v) is 14.9. The van der Waals surface area contributed by atoms with Crippen molar-refractivity contribution in [2.45, 2.75) is 32.4 Å². The van der Waals surface area contributed by atoms with E-state index in [1.54, 1.807) is 6.20 Å². The van der Waals surface area contributed by atoms with Gasteiger partial charge in [-0.05, 0) is 42.2 Å². The summed E-state index contributed by atoms with van der Waals surface area (Å²) in [5.41, 5.74) is 2.06. The van der Waals surface area contributed by atoms with E-state index in [0.29, 0.717) is 12.4 Å². The van der Waals surface area contributed by atoms with E-state index >= 15 is 0 Å². The van der Waals surface area contributed by atoms with Crippen molar-refractivity contribution in [3.63, 3.8) is 0 Å². The van der Waals surface area contributed by atoms with E-state index in [1.807, 2.05) is 17.9 Å². The Morgan fingerprint density at radius 1 is 1.19 bits per heavy atom. The Kier molecular flexibility index (Phi) is 4.52. The van der Waals surface area contributed by atoms with Gasteiger partial charge in [0.1, 0.15) is 5.82 Å². The molecule has 26 heavy (non-hydrogen) atoms. The topological polar surface area (TPSA) is 58.1 Å². The summed E-state index contributed by atoms with van der Waals surface area (Å²) in [4.78, 5) is 23.2. The molecule has 2 heterocycles. The smallest absolute Gasteiger partial charge is 0.318 e. The van der Waals surface area contributed by atoms with Gasteiger partial charge < -0.3 is 10.2 Å². The normalized spacial score (nSPS) is 16.8. The summed E-state index contributed by atoms with van der Waals surface area (Å²) < 4.78 is 0. The molecule has 1 fully saturated rings. The van der Waals surface area contributed by atoms with Crippen LogP contribution < -0.4 is 5.32 Å². The molecule has 5 nitrogen and oxygen atoms in total. The van der Waals surface area contributed by atoms with Crippen molar-refractivity contribution in [2.75, 3.05) is 6.54 Å². The minimum Gasteiger partial charge on any atom is -0.332 e. The molecule has 0 spiro atoms. The Hall–Kier alpha value is -2.95. The molecule has 1 N–H and O–H groups in total.